The molecule has 0 bridgehead atoms. The van der Waals surface area contributed by atoms with Gasteiger partial charge in [-0.3, -0.25) is 4.98 Å². The molecule has 3 aromatic rings. The number of hydrogen-bond donors (Lipinski definition) is 0. The van der Waals surface area contributed by atoms with Crippen molar-refractivity contribution >= 4 is 31.5 Å². The van der Waals surface area contributed by atoms with Gasteiger partial charge in [0.1, 0.15) is 11.6 Å². The quantitative estimate of drug-likeness (QED) is 0.148. The minimum atomic E-state index is -4.50. The monoisotopic (exact) mass is 636 g/mol. The van der Waals surface area contributed by atoms with Crippen molar-refractivity contribution in [1.82, 2.24) is 14.5 Å². The molecule has 13 heteroatoms. The highest BCUT2D eigenvalue weighted by molar-refractivity contribution is 6.76. The summed E-state index contributed by atoms with van der Waals surface area (Å²) in [5, 5.41) is 4.84. The lowest BCUT2D eigenvalue weighted by molar-refractivity contribution is -0.571. The maximum Gasteiger partial charge on any atom is 0.434 e. The van der Waals surface area contributed by atoms with Crippen LogP contribution in [0.1, 0.15) is 41.3 Å². The maximum absolute atomic E-state index is 13.2. The van der Waals surface area contributed by atoms with Gasteiger partial charge in [-0.15, -0.1) is 0 Å². The van der Waals surface area contributed by atoms with E-state index in [-0.39, 0.29) is 18.6 Å². The van der Waals surface area contributed by atoms with E-state index >= 15 is 0 Å². The van der Waals surface area contributed by atoms with Crippen molar-refractivity contribution in [1.29, 1.82) is 0 Å². The maximum atomic E-state index is 13.2. The van der Waals surface area contributed by atoms with Crippen LogP contribution in [0, 0.1) is 0 Å². The van der Waals surface area contributed by atoms with E-state index < -0.39 is 19.9 Å². The van der Waals surface area contributed by atoms with E-state index in [9.17, 15) is 13.2 Å². The number of imidazole rings is 1. The number of aryl methyl sites for hydroxylation is 1. The molecule has 45 heavy (non-hydrogen) atoms. The minimum absolute atomic E-state index is 0.250. The first kappa shape index (κ1) is 31.0. The van der Waals surface area contributed by atoms with E-state index in [4.69, 9.17) is 24.6 Å². The smallest absolute Gasteiger partial charge is 0.434 e. The Labute approximate surface area is 261 Å². The van der Waals surface area contributed by atoms with Crippen molar-refractivity contribution < 1.29 is 27.3 Å². The number of alkyl halides is 3. The number of methoxy groups -OCH3 is 1. The van der Waals surface area contributed by atoms with Crippen LogP contribution in [0.4, 0.5) is 13.2 Å². The number of fused-ring (bicyclic) bond motifs is 1. The Morgan fingerprint density at radius 1 is 1.09 bits per heavy atom. The molecule has 0 amide bonds. The van der Waals surface area contributed by atoms with Crippen LogP contribution in [0.3, 0.4) is 0 Å². The molecule has 236 valence electrons. The van der Waals surface area contributed by atoms with E-state index in [1.54, 1.807) is 38.7 Å². The SMILES string of the molecule is COc1ccnc(C2CC2)c1C1=NC2C(=N[N+](COCC[Si](C)(C)C)=C2Cc2ccc(-c3nc(C(F)(F)F)cn3C)cc2)C=N1. The van der Waals surface area contributed by atoms with Gasteiger partial charge in [0.15, 0.2) is 23.3 Å². The number of hydrogen-bond acceptors (Lipinski definition) is 7. The Kier molecular flexibility index (Phi) is 8.33. The zero-order valence-electron chi connectivity index (χ0n) is 26.1. The van der Waals surface area contributed by atoms with Crippen LogP contribution in [0.2, 0.25) is 25.7 Å². The highest BCUT2D eigenvalue weighted by Gasteiger charge is 2.41. The number of amidine groups is 1. The van der Waals surface area contributed by atoms with E-state index in [2.05, 4.69) is 29.6 Å². The first-order valence-corrected chi connectivity index (χ1v) is 18.8. The lowest BCUT2D eigenvalue weighted by Crippen LogP contribution is -2.34. The molecule has 1 unspecified atom stereocenters. The molecule has 0 saturated heterocycles. The Balaban J connectivity index is 1.30. The molecule has 4 heterocycles. The van der Waals surface area contributed by atoms with Crippen LogP contribution in [0.15, 0.2) is 57.8 Å². The van der Waals surface area contributed by atoms with Gasteiger partial charge in [0.2, 0.25) is 5.71 Å². The first-order chi connectivity index (χ1) is 21.4. The highest BCUT2D eigenvalue weighted by Crippen LogP contribution is 2.43. The Morgan fingerprint density at radius 3 is 2.49 bits per heavy atom. The minimum Gasteiger partial charge on any atom is -0.496 e. The fourth-order valence-electron chi connectivity index (χ4n) is 5.42. The summed E-state index contributed by atoms with van der Waals surface area (Å²) in [6.07, 6.45) is 2.69. The van der Waals surface area contributed by atoms with Crippen molar-refractivity contribution in [3.63, 3.8) is 0 Å². The van der Waals surface area contributed by atoms with Crippen LogP contribution in [-0.4, -0.2) is 77.3 Å². The average molecular weight is 637 g/mol. The fourth-order valence-corrected chi connectivity index (χ4v) is 6.18. The third-order valence-electron chi connectivity index (χ3n) is 8.06. The second kappa shape index (κ2) is 12.1. The van der Waals surface area contributed by atoms with Gasteiger partial charge in [0.05, 0.1) is 37.6 Å². The lowest BCUT2D eigenvalue weighted by Gasteiger charge is -2.16. The van der Waals surface area contributed by atoms with E-state index in [0.717, 1.165) is 53.3 Å². The topological polar surface area (TPSA) is 89.3 Å². The van der Waals surface area contributed by atoms with Crippen molar-refractivity contribution in [3.8, 4) is 17.1 Å². The highest BCUT2D eigenvalue weighted by atomic mass is 28.3. The van der Waals surface area contributed by atoms with Crippen molar-refractivity contribution in [3.05, 3.63) is 65.2 Å². The predicted molar refractivity (Wildman–Crippen MR) is 171 cm³/mol. The van der Waals surface area contributed by atoms with Crippen molar-refractivity contribution in [2.75, 3.05) is 20.4 Å². The summed E-state index contributed by atoms with van der Waals surface area (Å²) >= 11 is 0. The van der Waals surface area contributed by atoms with Crippen LogP contribution in [0.25, 0.3) is 11.4 Å². The molecule has 1 saturated carbocycles. The molecule has 0 spiro atoms. The van der Waals surface area contributed by atoms with E-state index in [0.29, 0.717) is 36.1 Å². The molecule has 1 fully saturated rings. The molecular weight excluding hydrogens is 599 g/mol. The third kappa shape index (κ3) is 6.83. The molecular formula is C32H37F3N7O2Si+. The van der Waals surface area contributed by atoms with Crippen LogP contribution >= 0.6 is 0 Å². The molecule has 3 aliphatic rings. The number of aliphatic imine (C=N–C) groups is 2. The van der Waals surface area contributed by atoms with Crippen molar-refractivity contribution in [2.45, 2.75) is 63.1 Å². The number of rotatable bonds is 11. The molecule has 2 aromatic heterocycles. The second-order valence-corrected chi connectivity index (χ2v) is 18.5. The Morgan fingerprint density at radius 2 is 1.84 bits per heavy atom. The summed E-state index contributed by atoms with van der Waals surface area (Å²) in [5.41, 5.74) is 4.07. The first-order valence-electron chi connectivity index (χ1n) is 15.1. The number of pyridine rings is 1. The number of ether oxygens (including phenoxy) is 2. The summed E-state index contributed by atoms with van der Waals surface area (Å²) in [5.74, 6) is 1.87. The Hall–Kier alpha value is -3.97. The molecule has 1 atom stereocenters. The number of nitrogens with zero attached hydrogens (tertiary/aromatic N) is 7. The van der Waals surface area contributed by atoms with Gasteiger partial charge in [-0.1, -0.05) is 48.6 Å². The average Bonchev–Trinajstić information content (AvgIpc) is 3.68. The van der Waals surface area contributed by atoms with Gasteiger partial charge in [-0.2, -0.15) is 13.2 Å². The third-order valence-corrected chi connectivity index (χ3v) is 9.76. The Bertz CT molecular complexity index is 1720. The molecule has 0 radical (unpaired) electrons. The summed E-state index contributed by atoms with van der Waals surface area (Å²) in [6.45, 7) is 7.87. The number of hydrazone groups is 1. The largest absolute Gasteiger partial charge is 0.496 e. The summed E-state index contributed by atoms with van der Waals surface area (Å²) in [7, 11) is 1.93. The van der Waals surface area contributed by atoms with Gasteiger partial charge in [0, 0.05) is 44.1 Å². The molecule has 6 rings (SSSR count). The fraction of sp³-hybridized carbons (Fsp3) is 0.438. The van der Waals surface area contributed by atoms with Gasteiger partial charge >= 0.3 is 6.18 Å². The zero-order chi connectivity index (χ0) is 31.9. The predicted octanol–water partition coefficient (Wildman–Crippen LogP) is 5.96. The van der Waals surface area contributed by atoms with Crippen LogP contribution in [0.5, 0.6) is 5.75 Å². The van der Waals surface area contributed by atoms with E-state index in [1.165, 1.54) is 4.57 Å². The summed E-state index contributed by atoms with van der Waals surface area (Å²) in [4.78, 5) is 18.3. The number of halogens is 3. The molecule has 2 aliphatic heterocycles. The van der Waals surface area contributed by atoms with Crippen molar-refractivity contribution in [2.24, 2.45) is 22.1 Å². The zero-order valence-corrected chi connectivity index (χ0v) is 27.1. The van der Waals surface area contributed by atoms with Gasteiger partial charge in [-0.05, 0) is 30.5 Å². The number of aromatic nitrogens is 3. The number of benzene rings is 1. The van der Waals surface area contributed by atoms with Gasteiger partial charge in [-0.25, -0.2) is 15.0 Å². The normalized spacial score (nSPS) is 18.3. The van der Waals surface area contributed by atoms with Crippen LogP contribution in [-0.2, 0) is 24.4 Å². The molecule has 0 N–H and O–H groups in total. The standard InChI is InChI=1S/C32H37F3N7O2Si/c1-41-18-26(32(33,34)35)38-31(41)22-8-6-20(7-9-22)16-24-29-23(40-42(24)19-44-14-15-45(3,4)5)17-37-30(39-29)27-25(43-2)12-13-36-28(27)21-10-11-21/h6-9,12-13,17-18,21,29H,10-11,14-16,19H2,1-5H3/q+1. The molecule has 9 nitrogen and oxygen atoms in total. The lowest BCUT2D eigenvalue weighted by atomic mass is 9.98. The van der Waals surface area contributed by atoms with Gasteiger partial charge < -0.3 is 14.0 Å². The summed E-state index contributed by atoms with van der Waals surface area (Å²) < 4.78 is 54.8. The second-order valence-electron chi connectivity index (χ2n) is 12.9. The summed E-state index contributed by atoms with van der Waals surface area (Å²) in [6, 6.07) is 9.90. The molecule has 1 aliphatic carbocycles. The molecule has 1 aromatic carbocycles. The van der Waals surface area contributed by atoms with E-state index in [1.807, 2.05) is 22.9 Å². The van der Waals surface area contributed by atoms with Gasteiger partial charge in [0.25, 0.3) is 6.73 Å². The van der Waals surface area contributed by atoms with Crippen LogP contribution < -0.4 is 4.74 Å².